The Morgan fingerprint density at radius 3 is 2.62 bits per heavy atom. The Balaban J connectivity index is 2.13. The first-order chi connectivity index (χ1) is 12.7. The number of anilines is 1. The second-order valence-corrected chi connectivity index (χ2v) is 5.17. The van der Waals surface area contributed by atoms with Gasteiger partial charge >= 0.3 is 5.97 Å². The van der Waals surface area contributed by atoms with E-state index in [4.69, 9.17) is 19.5 Å². The maximum Gasteiger partial charge on any atom is 0.350 e. The number of nitrogens with one attached hydrogen (secondary N) is 1. The zero-order valence-electron chi connectivity index (χ0n) is 14.7. The highest BCUT2D eigenvalue weighted by molar-refractivity contribution is 5.93. The number of carbonyl (C=O) groups excluding carboxylic acids is 1. The van der Waals surface area contributed by atoms with Crippen molar-refractivity contribution in [2.24, 2.45) is 0 Å². The van der Waals surface area contributed by atoms with E-state index < -0.39 is 5.97 Å². The summed E-state index contributed by atoms with van der Waals surface area (Å²) in [4.78, 5) is 11.6. The zero-order valence-corrected chi connectivity index (χ0v) is 14.7. The number of nitrogens with zero attached hydrogens (tertiary/aromatic N) is 1. The van der Waals surface area contributed by atoms with Crippen LogP contribution in [0.3, 0.4) is 0 Å². The van der Waals surface area contributed by atoms with Crippen LogP contribution in [0, 0.1) is 11.3 Å². The number of methoxy groups -OCH3 is 1. The van der Waals surface area contributed by atoms with E-state index in [1.54, 1.807) is 32.2 Å². The molecule has 2 aromatic carbocycles. The third kappa shape index (κ3) is 5.28. The molecule has 0 aliphatic heterocycles. The monoisotopic (exact) mass is 352 g/mol. The number of nitriles is 1. The van der Waals surface area contributed by atoms with E-state index in [1.807, 2.05) is 36.4 Å². The Bertz CT molecular complexity index is 810. The molecular weight excluding hydrogens is 332 g/mol. The summed E-state index contributed by atoms with van der Waals surface area (Å²) < 4.78 is 16.0. The first kappa shape index (κ1) is 18.9. The van der Waals surface area contributed by atoms with Crippen LogP contribution in [-0.2, 0) is 16.1 Å². The summed E-state index contributed by atoms with van der Waals surface area (Å²) in [6.07, 6.45) is 1.31. The summed E-state index contributed by atoms with van der Waals surface area (Å²) >= 11 is 0. The van der Waals surface area contributed by atoms with E-state index in [0.717, 1.165) is 5.56 Å². The maximum atomic E-state index is 11.6. The van der Waals surface area contributed by atoms with Crippen molar-refractivity contribution in [3.05, 3.63) is 65.9 Å². The first-order valence-corrected chi connectivity index (χ1v) is 8.06. The fourth-order valence-electron chi connectivity index (χ4n) is 2.12. The van der Waals surface area contributed by atoms with E-state index in [9.17, 15) is 4.79 Å². The Labute approximate surface area is 152 Å². The number of carbonyl (C=O) groups is 1. The molecule has 2 aromatic rings. The fraction of sp³-hybridized carbons (Fsp3) is 0.200. The van der Waals surface area contributed by atoms with Crippen LogP contribution in [0.4, 0.5) is 5.69 Å². The van der Waals surface area contributed by atoms with E-state index >= 15 is 0 Å². The van der Waals surface area contributed by atoms with Gasteiger partial charge in [-0.2, -0.15) is 5.26 Å². The maximum absolute atomic E-state index is 11.6. The molecule has 0 aliphatic carbocycles. The van der Waals surface area contributed by atoms with E-state index in [0.29, 0.717) is 23.8 Å². The fourth-order valence-corrected chi connectivity index (χ4v) is 2.12. The minimum absolute atomic E-state index is 0.116. The van der Waals surface area contributed by atoms with E-state index in [-0.39, 0.29) is 12.2 Å². The third-order valence-electron chi connectivity index (χ3n) is 3.40. The van der Waals surface area contributed by atoms with Crippen molar-refractivity contribution in [3.63, 3.8) is 0 Å². The molecule has 0 heterocycles. The lowest BCUT2D eigenvalue weighted by molar-refractivity contribution is -0.138. The van der Waals surface area contributed by atoms with Crippen molar-refractivity contribution < 1.29 is 19.0 Å². The van der Waals surface area contributed by atoms with Crippen molar-refractivity contribution >= 4 is 11.7 Å². The molecule has 26 heavy (non-hydrogen) atoms. The molecule has 2 rings (SSSR count). The zero-order chi connectivity index (χ0) is 18.8. The summed E-state index contributed by atoms with van der Waals surface area (Å²) in [5.74, 6) is 0.460. The van der Waals surface area contributed by atoms with Gasteiger partial charge in [0.1, 0.15) is 12.7 Å². The van der Waals surface area contributed by atoms with Gasteiger partial charge in [0.2, 0.25) is 0 Å². The lowest BCUT2D eigenvalue weighted by atomic mass is 10.2. The number of hydrogen-bond donors (Lipinski definition) is 1. The van der Waals surface area contributed by atoms with Crippen molar-refractivity contribution in [3.8, 4) is 17.6 Å². The van der Waals surface area contributed by atoms with Gasteiger partial charge in [-0.3, -0.25) is 0 Å². The van der Waals surface area contributed by atoms with Gasteiger partial charge in [-0.1, -0.05) is 30.3 Å². The molecule has 0 fully saturated rings. The molecule has 0 radical (unpaired) electrons. The summed E-state index contributed by atoms with van der Waals surface area (Å²) in [6, 6.07) is 16.8. The van der Waals surface area contributed by atoms with Gasteiger partial charge in [0.15, 0.2) is 17.1 Å². The molecule has 0 aliphatic rings. The van der Waals surface area contributed by atoms with Gasteiger partial charge in [-0.05, 0) is 24.6 Å². The van der Waals surface area contributed by atoms with Crippen LogP contribution in [0.15, 0.2) is 60.3 Å². The van der Waals surface area contributed by atoms with E-state index in [2.05, 4.69) is 5.32 Å². The summed E-state index contributed by atoms with van der Waals surface area (Å²) in [6.45, 7) is 2.28. The second kappa shape index (κ2) is 9.74. The molecule has 0 aromatic heterocycles. The highest BCUT2D eigenvalue weighted by atomic mass is 16.5. The molecule has 0 unspecified atom stereocenters. The Morgan fingerprint density at radius 1 is 1.19 bits per heavy atom. The molecular formula is C20H20N2O4. The van der Waals surface area contributed by atoms with Gasteiger partial charge in [-0.25, -0.2) is 4.79 Å². The van der Waals surface area contributed by atoms with Gasteiger partial charge < -0.3 is 19.5 Å². The van der Waals surface area contributed by atoms with Gasteiger partial charge in [0.05, 0.1) is 13.7 Å². The van der Waals surface area contributed by atoms with Crippen molar-refractivity contribution in [1.29, 1.82) is 5.26 Å². The average molecular weight is 352 g/mol. The molecule has 0 atom stereocenters. The largest absolute Gasteiger partial charge is 0.493 e. The molecule has 6 heteroatoms. The standard InChI is InChI=1S/C20H20N2O4/c1-3-25-20(23)16(12-21)13-22-17-9-10-18(24-2)19(11-17)26-14-15-7-5-4-6-8-15/h4-11,13,22H,3,14H2,1-2H3/b16-13+. The Hall–Kier alpha value is -3.46. The molecule has 0 saturated carbocycles. The number of hydrogen-bond acceptors (Lipinski definition) is 6. The average Bonchev–Trinajstić information content (AvgIpc) is 2.68. The number of benzene rings is 2. The van der Waals surface area contributed by atoms with Gasteiger partial charge in [0.25, 0.3) is 0 Å². The van der Waals surface area contributed by atoms with E-state index in [1.165, 1.54) is 6.20 Å². The molecule has 134 valence electrons. The predicted molar refractivity (Wildman–Crippen MR) is 97.7 cm³/mol. The Kier molecular flexibility index (Phi) is 7.07. The minimum Gasteiger partial charge on any atom is -0.493 e. The van der Waals surface area contributed by atoms with Crippen LogP contribution in [0.25, 0.3) is 0 Å². The second-order valence-electron chi connectivity index (χ2n) is 5.17. The lowest BCUT2D eigenvalue weighted by Gasteiger charge is -2.12. The molecule has 6 nitrogen and oxygen atoms in total. The number of ether oxygens (including phenoxy) is 3. The summed E-state index contributed by atoms with van der Waals surface area (Å²) in [5.41, 5.74) is 1.56. The van der Waals surface area contributed by atoms with Crippen molar-refractivity contribution in [2.45, 2.75) is 13.5 Å². The van der Waals surface area contributed by atoms with Crippen LogP contribution in [0.5, 0.6) is 11.5 Å². The van der Waals surface area contributed by atoms with Crippen LogP contribution in [0.1, 0.15) is 12.5 Å². The van der Waals surface area contributed by atoms with Crippen LogP contribution >= 0.6 is 0 Å². The Morgan fingerprint density at radius 2 is 1.96 bits per heavy atom. The molecule has 0 spiro atoms. The van der Waals surface area contributed by atoms with Crippen LogP contribution in [0.2, 0.25) is 0 Å². The summed E-state index contributed by atoms with van der Waals surface area (Å²) in [5, 5.41) is 11.9. The molecule has 0 bridgehead atoms. The van der Waals surface area contributed by atoms with Crippen molar-refractivity contribution in [1.82, 2.24) is 0 Å². The quantitative estimate of drug-likeness (QED) is 0.444. The highest BCUT2D eigenvalue weighted by Gasteiger charge is 2.10. The lowest BCUT2D eigenvalue weighted by Crippen LogP contribution is -2.08. The topological polar surface area (TPSA) is 80.6 Å². The van der Waals surface area contributed by atoms with Gasteiger partial charge in [0, 0.05) is 18.0 Å². The van der Waals surface area contributed by atoms with Crippen molar-refractivity contribution in [2.75, 3.05) is 19.0 Å². The highest BCUT2D eigenvalue weighted by Crippen LogP contribution is 2.31. The normalized spacial score (nSPS) is 10.6. The predicted octanol–water partition coefficient (Wildman–Crippen LogP) is 3.66. The minimum atomic E-state index is -0.670. The molecule has 0 saturated heterocycles. The SMILES string of the molecule is CCOC(=O)/C(C#N)=C/Nc1ccc(OC)c(OCc2ccccc2)c1. The first-order valence-electron chi connectivity index (χ1n) is 8.06. The van der Waals surface area contributed by atoms with Crippen LogP contribution in [-0.4, -0.2) is 19.7 Å². The molecule has 0 amide bonds. The number of esters is 1. The summed E-state index contributed by atoms with van der Waals surface area (Å²) in [7, 11) is 1.56. The van der Waals surface area contributed by atoms with Crippen LogP contribution < -0.4 is 14.8 Å². The smallest absolute Gasteiger partial charge is 0.350 e. The van der Waals surface area contributed by atoms with Gasteiger partial charge in [-0.15, -0.1) is 0 Å². The molecule has 1 N–H and O–H groups in total. The third-order valence-corrected chi connectivity index (χ3v) is 3.40. The number of rotatable bonds is 8.